The summed E-state index contributed by atoms with van der Waals surface area (Å²) in [6, 6.07) is 3.30. The number of nitriles is 1. The fourth-order valence-electron chi connectivity index (χ4n) is 3.40. The molecule has 0 amide bonds. The number of alkyl halides is 1. The first-order valence-corrected chi connectivity index (χ1v) is 11.2. The van der Waals surface area contributed by atoms with E-state index in [0.29, 0.717) is 6.42 Å². The molecule has 0 bridgehead atoms. The lowest BCUT2D eigenvalue weighted by Gasteiger charge is -2.37. The molecule has 0 aliphatic carbocycles. The number of halogens is 1. The summed E-state index contributed by atoms with van der Waals surface area (Å²) in [5, 5.41) is 8.83. The summed E-state index contributed by atoms with van der Waals surface area (Å²) in [6.45, 7) is 9.97. The predicted octanol–water partition coefficient (Wildman–Crippen LogP) is 2.84. The van der Waals surface area contributed by atoms with Crippen LogP contribution < -0.4 is 11.2 Å². The lowest BCUT2D eigenvalue weighted by atomic mass is 10.1. The number of ether oxygens (including phenoxy) is 1. The summed E-state index contributed by atoms with van der Waals surface area (Å²) >= 11 is 0. The number of hydrogen-bond acceptors (Lipinski definition) is 7. The Hall–Kier alpha value is -1.63. The SMILES string of the molecule is CC[C@@H]1O[C@@H](n2ccc(=O)[nH]c2=O)[C@@H](F)[C@H]1OP(OCCC#N)N(C(C)C)C(C)C. The zero-order chi connectivity index (χ0) is 22.4. The Morgan fingerprint density at radius 2 is 2.03 bits per heavy atom. The van der Waals surface area contributed by atoms with E-state index in [-0.39, 0.29) is 25.1 Å². The molecule has 1 saturated heterocycles. The first-order valence-electron chi connectivity index (χ1n) is 10.1. The first-order chi connectivity index (χ1) is 14.2. The smallest absolute Gasteiger partial charge is 0.330 e. The van der Waals surface area contributed by atoms with Crippen LogP contribution in [-0.4, -0.2) is 51.3 Å². The number of nitrogens with one attached hydrogen (secondary N) is 1. The number of aromatic amines is 1. The van der Waals surface area contributed by atoms with Gasteiger partial charge in [0.25, 0.3) is 14.1 Å². The van der Waals surface area contributed by atoms with E-state index < -0.39 is 44.4 Å². The molecule has 168 valence electrons. The highest BCUT2D eigenvalue weighted by Crippen LogP contribution is 2.50. The molecular weight excluding hydrogens is 414 g/mol. The van der Waals surface area contributed by atoms with Crippen LogP contribution in [0.5, 0.6) is 0 Å². The minimum atomic E-state index is -1.67. The van der Waals surface area contributed by atoms with Crippen molar-refractivity contribution in [1.29, 1.82) is 5.26 Å². The van der Waals surface area contributed by atoms with Gasteiger partial charge in [-0.3, -0.25) is 14.3 Å². The van der Waals surface area contributed by atoms with Crippen molar-refractivity contribution >= 4 is 8.53 Å². The van der Waals surface area contributed by atoms with Crippen LogP contribution in [0, 0.1) is 11.3 Å². The maximum Gasteiger partial charge on any atom is 0.330 e. The Balaban J connectivity index is 2.29. The normalized spacial score (nSPS) is 25.2. The summed E-state index contributed by atoms with van der Waals surface area (Å²) < 4.78 is 36.3. The van der Waals surface area contributed by atoms with Gasteiger partial charge in [0.2, 0.25) is 0 Å². The molecule has 0 spiro atoms. The lowest BCUT2D eigenvalue weighted by Crippen LogP contribution is -2.38. The molecule has 1 aromatic rings. The third-order valence-corrected chi connectivity index (χ3v) is 6.80. The van der Waals surface area contributed by atoms with Crippen molar-refractivity contribution in [3.05, 3.63) is 33.1 Å². The molecule has 1 fully saturated rings. The molecule has 11 heteroatoms. The first kappa shape index (κ1) is 24.6. The van der Waals surface area contributed by atoms with Gasteiger partial charge in [0.05, 0.1) is 25.2 Å². The van der Waals surface area contributed by atoms with E-state index in [1.807, 2.05) is 45.4 Å². The number of aromatic nitrogens is 2. The maximum absolute atomic E-state index is 15.5. The Morgan fingerprint density at radius 1 is 1.37 bits per heavy atom. The zero-order valence-corrected chi connectivity index (χ0v) is 18.8. The van der Waals surface area contributed by atoms with Crippen LogP contribution in [0.25, 0.3) is 0 Å². The van der Waals surface area contributed by atoms with E-state index in [1.165, 1.54) is 6.20 Å². The van der Waals surface area contributed by atoms with E-state index in [9.17, 15) is 9.59 Å². The summed E-state index contributed by atoms with van der Waals surface area (Å²) in [5.41, 5.74) is -1.31. The Bertz CT molecular complexity index is 831. The Kier molecular flexibility index (Phi) is 9.13. The second-order valence-electron chi connectivity index (χ2n) is 7.55. The highest BCUT2D eigenvalue weighted by atomic mass is 31.2. The lowest BCUT2D eigenvalue weighted by molar-refractivity contribution is -0.0273. The van der Waals surface area contributed by atoms with E-state index in [4.69, 9.17) is 19.0 Å². The number of rotatable bonds is 10. The second-order valence-corrected chi connectivity index (χ2v) is 8.96. The molecule has 1 aliphatic rings. The average molecular weight is 444 g/mol. The van der Waals surface area contributed by atoms with Crippen LogP contribution >= 0.6 is 8.53 Å². The van der Waals surface area contributed by atoms with E-state index in [0.717, 1.165) is 10.6 Å². The highest BCUT2D eigenvalue weighted by molar-refractivity contribution is 7.44. The van der Waals surface area contributed by atoms with Crippen LogP contribution in [0.2, 0.25) is 0 Å². The molecular formula is C19H30FN4O5P. The average Bonchev–Trinajstić information content (AvgIpc) is 2.97. The van der Waals surface area contributed by atoms with Gasteiger partial charge < -0.3 is 13.8 Å². The topological polar surface area (TPSA) is 110 Å². The molecule has 1 aliphatic heterocycles. The van der Waals surface area contributed by atoms with Crippen molar-refractivity contribution in [2.75, 3.05) is 6.61 Å². The number of nitrogens with zero attached hydrogens (tertiary/aromatic N) is 3. The summed E-state index contributed by atoms with van der Waals surface area (Å²) in [5.74, 6) is 0. The molecule has 30 heavy (non-hydrogen) atoms. The monoisotopic (exact) mass is 444 g/mol. The molecule has 9 nitrogen and oxygen atoms in total. The van der Waals surface area contributed by atoms with Gasteiger partial charge in [-0.1, -0.05) is 6.92 Å². The second kappa shape index (κ2) is 11.1. The molecule has 1 aromatic heterocycles. The fraction of sp³-hybridized carbons (Fsp3) is 0.737. The largest absolute Gasteiger partial charge is 0.349 e. The van der Waals surface area contributed by atoms with Gasteiger partial charge in [0.15, 0.2) is 12.4 Å². The van der Waals surface area contributed by atoms with Gasteiger partial charge in [-0.15, -0.1) is 0 Å². The summed E-state index contributed by atoms with van der Waals surface area (Å²) in [4.78, 5) is 25.6. The van der Waals surface area contributed by atoms with Gasteiger partial charge in [0, 0.05) is 24.3 Å². The molecule has 2 heterocycles. The zero-order valence-electron chi connectivity index (χ0n) is 17.9. The van der Waals surface area contributed by atoms with E-state index >= 15 is 4.39 Å². The predicted molar refractivity (Wildman–Crippen MR) is 111 cm³/mol. The molecule has 0 radical (unpaired) electrons. The van der Waals surface area contributed by atoms with Gasteiger partial charge >= 0.3 is 5.69 Å². The minimum absolute atomic E-state index is 0.0660. The van der Waals surface area contributed by atoms with Crippen molar-refractivity contribution in [3.63, 3.8) is 0 Å². The maximum atomic E-state index is 15.5. The van der Waals surface area contributed by atoms with Crippen molar-refractivity contribution in [3.8, 4) is 6.07 Å². The van der Waals surface area contributed by atoms with Crippen molar-refractivity contribution < 1.29 is 18.2 Å². The van der Waals surface area contributed by atoms with Gasteiger partial charge in [-0.25, -0.2) is 13.9 Å². The van der Waals surface area contributed by atoms with E-state index in [1.54, 1.807) is 0 Å². The van der Waals surface area contributed by atoms with Crippen LogP contribution in [0.3, 0.4) is 0 Å². The van der Waals surface area contributed by atoms with Crippen LogP contribution in [0.15, 0.2) is 21.9 Å². The van der Waals surface area contributed by atoms with Crippen LogP contribution in [0.1, 0.15) is 53.7 Å². The summed E-state index contributed by atoms with van der Waals surface area (Å²) in [6.07, 6.45) is -2.56. The quantitative estimate of drug-likeness (QED) is 0.436. The highest BCUT2D eigenvalue weighted by Gasteiger charge is 2.48. The molecule has 0 aromatic carbocycles. The van der Waals surface area contributed by atoms with Crippen molar-refractivity contribution in [2.24, 2.45) is 0 Å². The molecule has 0 saturated carbocycles. The molecule has 2 rings (SSSR count). The van der Waals surface area contributed by atoms with Crippen molar-refractivity contribution in [1.82, 2.24) is 14.2 Å². The molecule has 5 atom stereocenters. The molecule has 1 unspecified atom stereocenters. The van der Waals surface area contributed by atoms with Gasteiger partial charge in [0.1, 0.15) is 6.10 Å². The Labute approximate surface area is 176 Å². The minimum Gasteiger partial charge on any atom is -0.349 e. The fourth-order valence-corrected chi connectivity index (χ4v) is 5.16. The van der Waals surface area contributed by atoms with Crippen LogP contribution in [0.4, 0.5) is 4.39 Å². The third-order valence-electron chi connectivity index (χ3n) is 4.67. The standard InChI is InChI=1S/C19H30FN4O5P/c1-6-14-17(16(20)18(28-14)23-10-8-15(25)22-19(23)26)29-30(27-11-7-9-21)24(12(2)3)13(4)5/h8,10,12-14,16-18H,6-7,11H2,1-5H3,(H,22,25,26)/t14-,16-,17-,18+,30?/m0/s1. The number of H-pyrrole nitrogens is 1. The summed E-state index contributed by atoms with van der Waals surface area (Å²) in [7, 11) is -1.67. The van der Waals surface area contributed by atoms with Gasteiger partial charge in [-0.2, -0.15) is 5.26 Å². The number of hydrogen-bond donors (Lipinski definition) is 1. The van der Waals surface area contributed by atoms with E-state index in [2.05, 4.69) is 4.98 Å². The Morgan fingerprint density at radius 3 is 2.57 bits per heavy atom. The third kappa shape index (κ3) is 5.74. The van der Waals surface area contributed by atoms with Crippen molar-refractivity contribution in [2.45, 2.75) is 84.2 Å². The molecule has 1 N–H and O–H groups in total. The van der Waals surface area contributed by atoms with Gasteiger partial charge in [-0.05, 0) is 34.1 Å². The van der Waals surface area contributed by atoms with Crippen LogP contribution in [-0.2, 0) is 13.8 Å².